The summed E-state index contributed by atoms with van der Waals surface area (Å²) < 4.78 is 39.4. The molecule has 0 N–H and O–H groups in total. The van der Waals surface area contributed by atoms with Gasteiger partial charge in [-0.25, -0.2) is 4.68 Å². The normalized spacial score (nSPS) is 16.5. The highest BCUT2D eigenvalue weighted by Crippen LogP contribution is 2.26. The molecule has 1 fully saturated rings. The summed E-state index contributed by atoms with van der Waals surface area (Å²) >= 11 is 7.39. The maximum Gasteiger partial charge on any atom is 0.387 e. The zero-order chi connectivity index (χ0) is 21.8. The second-order valence-electron chi connectivity index (χ2n) is 7.51. The fourth-order valence-electron chi connectivity index (χ4n) is 3.64. The quantitative estimate of drug-likeness (QED) is 0.415. The molecule has 0 saturated carbocycles. The summed E-state index contributed by atoms with van der Waals surface area (Å²) in [5, 5.41) is 6.84. The molecule has 0 spiro atoms. The van der Waals surface area contributed by atoms with Gasteiger partial charge in [-0.1, -0.05) is 18.2 Å². The lowest BCUT2D eigenvalue weighted by Gasteiger charge is -2.17. The highest BCUT2D eigenvalue weighted by Gasteiger charge is 2.21. The zero-order valence-corrected chi connectivity index (χ0v) is 18.7. The van der Waals surface area contributed by atoms with Crippen LogP contribution in [-0.2, 0) is 24.5 Å². The van der Waals surface area contributed by atoms with Crippen molar-refractivity contribution in [2.75, 3.05) is 13.7 Å². The first-order valence-electron chi connectivity index (χ1n) is 10.0. The third-order valence-electron chi connectivity index (χ3n) is 5.05. The van der Waals surface area contributed by atoms with Gasteiger partial charge >= 0.3 is 6.61 Å². The van der Waals surface area contributed by atoms with Crippen molar-refractivity contribution in [1.29, 1.82) is 0 Å². The summed E-state index contributed by atoms with van der Waals surface area (Å²) in [7, 11) is 1.97. The number of aromatic nitrogens is 3. The molecule has 1 aromatic carbocycles. The molecular formula is C21H24F2N4O2S2. The third kappa shape index (κ3) is 5.57. The van der Waals surface area contributed by atoms with E-state index >= 15 is 0 Å². The minimum absolute atomic E-state index is 0.150. The van der Waals surface area contributed by atoms with Gasteiger partial charge < -0.3 is 9.47 Å². The van der Waals surface area contributed by atoms with Crippen LogP contribution in [0.15, 0.2) is 41.8 Å². The Bertz CT molecular complexity index is 1030. The summed E-state index contributed by atoms with van der Waals surface area (Å²) in [6.07, 6.45) is 2.27. The van der Waals surface area contributed by atoms with Crippen molar-refractivity contribution in [2.45, 2.75) is 45.3 Å². The number of thiophene rings is 1. The predicted molar refractivity (Wildman–Crippen MR) is 118 cm³/mol. The van der Waals surface area contributed by atoms with Gasteiger partial charge in [-0.3, -0.25) is 9.47 Å². The zero-order valence-electron chi connectivity index (χ0n) is 17.1. The molecule has 3 heterocycles. The van der Waals surface area contributed by atoms with Gasteiger partial charge in [-0.15, -0.1) is 16.4 Å². The van der Waals surface area contributed by atoms with E-state index in [1.807, 2.05) is 29.2 Å². The van der Waals surface area contributed by atoms with Gasteiger partial charge in [-0.05, 0) is 61.2 Å². The minimum Gasteiger partial charge on any atom is -0.435 e. The average molecular weight is 467 g/mol. The van der Waals surface area contributed by atoms with Crippen LogP contribution in [-0.4, -0.2) is 45.6 Å². The standard InChI is InChI=1S/C21H24F2N4O2S2/c1-25(12-15-6-8-16(9-7-15)29-20(22)23)14-27-21(30)26(13-17-4-2-10-28-17)19(24-27)18-5-3-11-31-18/h3,5-9,11,17,20H,2,4,10,12-14H2,1H3/t17-/m1/s1. The van der Waals surface area contributed by atoms with E-state index in [2.05, 4.69) is 14.2 Å². The monoisotopic (exact) mass is 466 g/mol. The van der Waals surface area contributed by atoms with Crippen molar-refractivity contribution in [1.82, 2.24) is 19.2 Å². The molecule has 0 aliphatic carbocycles. The number of hydrogen-bond donors (Lipinski definition) is 0. The van der Waals surface area contributed by atoms with Crippen molar-refractivity contribution in [3.63, 3.8) is 0 Å². The topological polar surface area (TPSA) is 44.5 Å². The number of ether oxygens (including phenoxy) is 2. The molecule has 2 aromatic heterocycles. The van der Waals surface area contributed by atoms with Crippen molar-refractivity contribution in [3.8, 4) is 16.5 Å². The number of hydrogen-bond acceptors (Lipinski definition) is 6. The lowest BCUT2D eigenvalue weighted by Crippen LogP contribution is -2.23. The number of halogens is 2. The van der Waals surface area contributed by atoms with Crippen LogP contribution in [0.5, 0.6) is 5.75 Å². The molecule has 0 amide bonds. The van der Waals surface area contributed by atoms with Gasteiger partial charge in [0, 0.05) is 13.2 Å². The van der Waals surface area contributed by atoms with Crippen LogP contribution >= 0.6 is 23.6 Å². The smallest absolute Gasteiger partial charge is 0.387 e. The predicted octanol–water partition coefficient (Wildman–Crippen LogP) is 5.01. The van der Waals surface area contributed by atoms with E-state index in [0.717, 1.165) is 35.7 Å². The molecule has 1 aliphatic heterocycles. The van der Waals surface area contributed by atoms with Crippen LogP contribution in [0, 0.1) is 4.77 Å². The lowest BCUT2D eigenvalue weighted by molar-refractivity contribution is -0.0498. The van der Waals surface area contributed by atoms with Crippen LogP contribution in [0.2, 0.25) is 0 Å². The SMILES string of the molecule is CN(Cc1ccc(OC(F)F)cc1)Cn1nc(-c2cccs2)n(C[C@H]2CCCO2)c1=S. The molecule has 0 radical (unpaired) electrons. The second-order valence-corrected chi connectivity index (χ2v) is 8.82. The summed E-state index contributed by atoms with van der Waals surface area (Å²) in [5.41, 5.74) is 0.980. The summed E-state index contributed by atoms with van der Waals surface area (Å²) in [4.78, 5) is 3.14. The number of rotatable bonds is 9. The van der Waals surface area contributed by atoms with Crippen LogP contribution in [0.3, 0.4) is 0 Å². The average Bonchev–Trinajstić information content (AvgIpc) is 3.48. The Labute approximate surface area is 188 Å². The number of nitrogens with zero attached hydrogens (tertiary/aromatic N) is 4. The fraction of sp³-hybridized carbons (Fsp3) is 0.429. The lowest BCUT2D eigenvalue weighted by atomic mass is 10.2. The van der Waals surface area contributed by atoms with Crippen molar-refractivity contribution in [3.05, 3.63) is 52.1 Å². The van der Waals surface area contributed by atoms with Crippen LogP contribution in [0.1, 0.15) is 18.4 Å². The van der Waals surface area contributed by atoms with Gasteiger partial charge in [0.2, 0.25) is 0 Å². The first-order chi connectivity index (χ1) is 15.0. The third-order valence-corrected chi connectivity index (χ3v) is 6.35. The van der Waals surface area contributed by atoms with Crippen molar-refractivity contribution < 1.29 is 18.3 Å². The summed E-state index contributed by atoms with van der Waals surface area (Å²) in [6, 6.07) is 10.7. The molecule has 3 aromatic rings. The van der Waals surface area contributed by atoms with Gasteiger partial charge in [-0.2, -0.15) is 8.78 Å². The highest BCUT2D eigenvalue weighted by atomic mass is 32.1. The maximum absolute atomic E-state index is 12.3. The van der Waals surface area contributed by atoms with E-state index in [1.54, 1.807) is 35.6 Å². The maximum atomic E-state index is 12.3. The molecule has 6 nitrogen and oxygen atoms in total. The van der Waals surface area contributed by atoms with E-state index in [9.17, 15) is 8.78 Å². The van der Waals surface area contributed by atoms with E-state index < -0.39 is 6.61 Å². The van der Waals surface area contributed by atoms with Gasteiger partial charge in [0.05, 0.1) is 24.2 Å². The van der Waals surface area contributed by atoms with Gasteiger partial charge in [0.15, 0.2) is 10.6 Å². The Balaban J connectivity index is 1.49. The molecule has 4 rings (SSSR count). The summed E-state index contributed by atoms with van der Waals surface area (Å²) in [5.74, 6) is 1.01. The molecule has 0 unspecified atom stereocenters. The van der Waals surface area contributed by atoms with Gasteiger partial charge in [0.1, 0.15) is 5.75 Å². The molecule has 1 atom stereocenters. The van der Waals surface area contributed by atoms with Crippen LogP contribution < -0.4 is 4.74 Å². The van der Waals surface area contributed by atoms with Crippen LogP contribution in [0.25, 0.3) is 10.7 Å². The molecule has 166 valence electrons. The molecule has 1 aliphatic rings. The molecule has 0 bridgehead atoms. The summed E-state index contributed by atoms with van der Waals surface area (Å²) in [6.45, 7) is -0.210. The van der Waals surface area contributed by atoms with Crippen molar-refractivity contribution in [2.24, 2.45) is 0 Å². The molecule has 10 heteroatoms. The molecular weight excluding hydrogens is 442 g/mol. The van der Waals surface area contributed by atoms with Crippen molar-refractivity contribution >= 4 is 23.6 Å². The Kier molecular flexibility index (Phi) is 7.11. The van der Waals surface area contributed by atoms with E-state index in [-0.39, 0.29) is 11.9 Å². The Morgan fingerprint density at radius 1 is 1.32 bits per heavy atom. The van der Waals surface area contributed by atoms with E-state index in [4.69, 9.17) is 22.1 Å². The first-order valence-corrected chi connectivity index (χ1v) is 11.3. The number of alkyl halides is 2. The Morgan fingerprint density at radius 2 is 2.13 bits per heavy atom. The number of benzene rings is 1. The van der Waals surface area contributed by atoms with Crippen LogP contribution in [0.4, 0.5) is 8.78 Å². The minimum atomic E-state index is -2.82. The second kappa shape index (κ2) is 9.99. The van der Waals surface area contributed by atoms with E-state index in [0.29, 0.717) is 24.5 Å². The largest absolute Gasteiger partial charge is 0.435 e. The fourth-order valence-corrected chi connectivity index (χ4v) is 4.62. The van der Waals surface area contributed by atoms with E-state index in [1.165, 1.54) is 0 Å². The molecule has 31 heavy (non-hydrogen) atoms. The van der Waals surface area contributed by atoms with Gasteiger partial charge in [0.25, 0.3) is 0 Å². The Hall–Kier alpha value is -2.14. The highest BCUT2D eigenvalue weighted by molar-refractivity contribution is 7.71. The first kappa shape index (κ1) is 22.1. The molecule has 1 saturated heterocycles. The Morgan fingerprint density at radius 3 is 2.77 bits per heavy atom.